The molecular weight excluding hydrogens is 214 g/mol. The van der Waals surface area contributed by atoms with Crippen molar-refractivity contribution in [2.24, 2.45) is 5.92 Å². The summed E-state index contributed by atoms with van der Waals surface area (Å²) in [5.74, 6) is 0.661. The summed E-state index contributed by atoms with van der Waals surface area (Å²) < 4.78 is 0. The molecule has 1 atom stereocenters. The zero-order valence-corrected chi connectivity index (χ0v) is 10.4. The molecular formula is C14H19NO2. The number of hydrogen-bond acceptors (Lipinski definition) is 2. The van der Waals surface area contributed by atoms with E-state index >= 15 is 0 Å². The molecule has 0 radical (unpaired) electrons. The molecule has 17 heavy (non-hydrogen) atoms. The fourth-order valence-electron chi connectivity index (χ4n) is 2.18. The van der Waals surface area contributed by atoms with Crippen molar-refractivity contribution >= 4 is 5.91 Å². The minimum absolute atomic E-state index is 0.0794. The van der Waals surface area contributed by atoms with E-state index in [0.29, 0.717) is 0 Å². The maximum Gasteiger partial charge on any atom is 0.225 e. The summed E-state index contributed by atoms with van der Waals surface area (Å²) in [5.41, 5.74) is 0.808. The number of para-hydroxylation sites is 1. The molecule has 1 fully saturated rings. The molecule has 3 heteroatoms. The van der Waals surface area contributed by atoms with E-state index in [0.717, 1.165) is 24.8 Å². The fourth-order valence-corrected chi connectivity index (χ4v) is 2.18. The predicted molar refractivity (Wildman–Crippen MR) is 66.6 cm³/mol. The number of carbonyl (C=O) groups excluding carboxylic acids is 1. The van der Waals surface area contributed by atoms with Gasteiger partial charge in [-0.1, -0.05) is 24.6 Å². The van der Waals surface area contributed by atoms with E-state index < -0.39 is 0 Å². The van der Waals surface area contributed by atoms with E-state index in [9.17, 15) is 9.90 Å². The highest BCUT2D eigenvalue weighted by Gasteiger charge is 2.30. The van der Waals surface area contributed by atoms with Crippen molar-refractivity contribution in [1.29, 1.82) is 0 Å². The summed E-state index contributed by atoms with van der Waals surface area (Å²) in [4.78, 5) is 13.8. The molecule has 1 unspecified atom stereocenters. The van der Waals surface area contributed by atoms with Gasteiger partial charge in [0.2, 0.25) is 5.91 Å². The molecule has 1 N–H and O–H groups in total. The summed E-state index contributed by atoms with van der Waals surface area (Å²) in [5, 5.41) is 9.78. The van der Waals surface area contributed by atoms with Crippen molar-refractivity contribution in [1.82, 2.24) is 4.90 Å². The van der Waals surface area contributed by atoms with Gasteiger partial charge in [-0.3, -0.25) is 4.79 Å². The first-order valence-corrected chi connectivity index (χ1v) is 6.16. The van der Waals surface area contributed by atoms with Crippen molar-refractivity contribution in [2.45, 2.75) is 32.2 Å². The summed E-state index contributed by atoms with van der Waals surface area (Å²) in [7, 11) is 1.82. The fraction of sp³-hybridized carbons (Fsp3) is 0.500. The molecule has 0 aromatic heterocycles. The second kappa shape index (κ2) is 4.78. The lowest BCUT2D eigenvalue weighted by Crippen LogP contribution is -2.37. The first kappa shape index (κ1) is 12.0. The second-order valence-electron chi connectivity index (χ2n) is 4.81. The smallest absolute Gasteiger partial charge is 0.225 e. The van der Waals surface area contributed by atoms with Crippen molar-refractivity contribution in [3.05, 3.63) is 29.8 Å². The van der Waals surface area contributed by atoms with Crippen LogP contribution in [0, 0.1) is 5.92 Å². The van der Waals surface area contributed by atoms with E-state index in [1.807, 2.05) is 26.1 Å². The van der Waals surface area contributed by atoms with Gasteiger partial charge in [0, 0.05) is 18.5 Å². The number of carbonyl (C=O) groups is 1. The Labute approximate surface area is 102 Å². The summed E-state index contributed by atoms with van der Waals surface area (Å²) in [6.07, 6.45) is 3.18. The van der Waals surface area contributed by atoms with E-state index in [1.165, 1.54) is 0 Å². The molecule has 1 aromatic carbocycles. The minimum atomic E-state index is -0.0794. The van der Waals surface area contributed by atoms with Crippen LogP contribution in [0.2, 0.25) is 0 Å². The van der Waals surface area contributed by atoms with Crippen molar-refractivity contribution in [3.63, 3.8) is 0 Å². The molecule has 3 nitrogen and oxygen atoms in total. The first-order valence-electron chi connectivity index (χ1n) is 6.16. The molecule has 1 aliphatic carbocycles. The molecule has 92 valence electrons. The third-order valence-electron chi connectivity index (χ3n) is 3.77. The number of rotatable bonds is 3. The van der Waals surface area contributed by atoms with Crippen molar-refractivity contribution < 1.29 is 9.90 Å². The molecule has 0 saturated heterocycles. The first-order chi connectivity index (χ1) is 8.11. The zero-order valence-electron chi connectivity index (χ0n) is 10.4. The lowest BCUT2D eigenvalue weighted by atomic mass is 9.84. The Morgan fingerprint density at radius 3 is 2.59 bits per heavy atom. The normalized spacial score (nSPS) is 17.3. The van der Waals surface area contributed by atoms with Crippen LogP contribution in [-0.2, 0) is 4.79 Å². The summed E-state index contributed by atoms with van der Waals surface area (Å²) >= 11 is 0. The Morgan fingerprint density at radius 2 is 2.06 bits per heavy atom. The van der Waals surface area contributed by atoms with E-state index in [1.54, 1.807) is 17.0 Å². The molecule has 0 bridgehead atoms. The van der Waals surface area contributed by atoms with Crippen LogP contribution in [0.25, 0.3) is 0 Å². The Hall–Kier alpha value is -1.51. The quantitative estimate of drug-likeness (QED) is 0.872. The molecule has 1 aromatic rings. The van der Waals surface area contributed by atoms with Crippen LogP contribution in [-0.4, -0.2) is 23.0 Å². The van der Waals surface area contributed by atoms with Gasteiger partial charge in [-0.2, -0.15) is 0 Å². The summed E-state index contributed by atoms with van der Waals surface area (Å²) in [6, 6.07) is 7.12. The van der Waals surface area contributed by atoms with Gasteiger partial charge < -0.3 is 10.0 Å². The van der Waals surface area contributed by atoms with Crippen LogP contribution in [0.15, 0.2) is 24.3 Å². The maximum atomic E-state index is 12.1. The Kier molecular flexibility index (Phi) is 3.36. The average Bonchev–Trinajstić information content (AvgIpc) is 2.25. The lowest BCUT2D eigenvalue weighted by Gasteiger charge is -2.33. The lowest BCUT2D eigenvalue weighted by molar-refractivity contribution is -0.138. The highest BCUT2D eigenvalue weighted by Crippen LogP contribution is 2.32. The molecule has 1 aliphatic rings. The number of phenols is 1. The van der Waals surface area contributed by atoms with E-state index in [4.69, 9.17) is 0 Å². The molecule has 1 amide bonds. The van der Waals surface area contributed by atoms with Crippen LogP contribution >= 0.6 is 0 Å². The van der Waals surface area contributed by atoms with Gasteiger partial charge in [0.05, 0.1) is 6.04 Å². The third-order valence-corrected chi connectivity index (χ3v) is 3.77. The standard InChI is InChI=1S/C14H19NO2/c1-10(12-8-3-4-9-13(12)16)15(2)14(17)11-6-5-7-11/h3-4,8-11,16H,5-7H2,1-2H3. The van der Waals surface area contributed by atoms with Crippen molar-refractivity contribution in [2.75, 3.05) is 7.05 Å². The largest absolute Gasteiger partial charge is 0.508 e. The maximum absolute atomic E-state index is 12.1. The van der Waals surface area contributed by atoms with Gasteiger partial charge in [-0.25, -0.2) is 0 Å². The van der Waals surface area contributed by atoms with E-state index in [2.05, 4.69) is 0 Å². The van der Waals surface area contributed by atoms with Gasteiger partial charge in [0.25, 0.3) is 0 Å². The zero-order chi connectivity index (χ0) is 12.4. The third kappa shape index (κ3) is 2.28. The molecule has 1 saturated carbocycles. The molecule has 0 aliphatic heterocycles. The van der Waals surface area contributed by atoms with Crippen LogP contribution in [0.1, 0.15) is 37.8 Å². The summed E-state index contributed by atoms with van der Waals surface area (Å²) in [6.45, 7) is 1.95. The number of aromatic hydroxyl groups is 1. The predicted octanol–water partition coefficient (Wildman–Crippen LogP) is 2.71. The van der Waals surface area contributed by atoms with Gasteiger partial charge in [-0.15, -0.1) is 0 Å². The SMILES string of the molecule is CC(c1ccccc1O)N(C)C(=O)C1CCC1. The van der Waals surface area contributed by atoms with Gasteiger partial charge in [-0.05, 0) is 25.8 Å². The number of phenolic OH excluding ortho intramolecular Hbond substituents is 1. The van der Waals surface area contributed by atoms with Crippen LogP contribution in [0.4, 0.5) is 0 Å². The number of hydrogen-bond donors (Lipinski definition) is 1. The average molecular weight is 233 g/mol. The monoisotopic (exact) mass is 233 g/mol. The van der Waals surface area contributed by atoms with Crippen LogP contribution < -0.4 is 0 Å². The minimum Gasteiger partial charge on any atom is -0.508 e. The van der Waals surface area contributed by atoms with Gasteiger partial charge in [0.15, 0.2) is 0 Å². The Morgan fingerprint density at radius 1 is 1.41 bits per heavy atom. The Balaban J connectivity index is 2.11. The topological polar surface area (TPSA) is 40.5 Å². The number of nitrogens with zero attached hydrogens (tertiary/aromatic N) is 1. The van der Waals surface area contributed by atoms with Crippen molar-refractivity contribution in [3.8, 4) is 5.75 Å². The molecule has 0 heterocycles. The Bertz CT molecular complexity index is 412. The highest BCUT2D eigenvalue weighted by atomic mass is 16.3. The molecule has 0 spiro atoms. The van der Waals surface area contributed by atoms with Crippen LogP contribution in [0.5, 0.6) is 5.75 Å². The number of amides is 1. The highest BCUT2D eigenvalue weighted by molar-refractivity contribution is 5.79. The molecule has 2 rings (SSSR count). The van der Waals surface area contributed by atoms with Gasteiger partial charge >= 0.3 is 0 Å². The van der Waals surface area contributed by atoms with Gasteiger partial charge in [0.1, 0.15) is 5.75 Å². The van der Waals surface area contributed by atoms with Crippen LogP contribution in [0.3, 0.4) is 0 Å². The number of benzene rings is 1. The van der Waals surface area contributed by atoms with E-state index in [-0.39, 0.29) is 23.6 Å². The second-order valence-corrected chi connectivity index (χ2v) is 4.81.